The standard InChI is InChI=1S/C14H19NO5S/c1-3-20-14(17)10-9-13(16)15-11-5-7-12(8-6-11)21(18,19)4-2/h5-8H,3-4,9-10H2,1-2H3,(H,15,16). The zero-order valence-corrected chi connectivity index (χ0v) is 12.9. The van der Waals surface area contributed by atoms with Crippen LogP contribution >= 0.6 is 0 Å². The SMILES string of the molecule is CCOC(=O)CCC(=O)Nc1ccc(S(=O)(=O)CC)cc1. The third-order valence-corrected chi connectivity index (χ3v) is 4.49. The molecular weight excluding hydrogens is 294 g/mol. The van der Waals surface area contributed by atoms with Crippen LogP contribution in [-0.4, -0.2) is 32.7 Å². The second-order valence-corrected chi connectivity index (χ2v) is 6.56. The van der Waals surface area contributed by atoms with Gasteiger partial charge in [0.2, 0.25) is 5.91 Å². The molecule has 1 N–H and O–H groups in total. The lowest BCUT2D eigenvalue weighted by Gasteiger charge is -2.06. The van der Waals surface area contributed by atoms with E-state index in [1.54, 1.807) is 13.8 Å². The van der Waals surface area contributed by atoms with Crippen molar-refractivity contribution in [1.29, 1.82) is 0 Å². The van der Waals surface area contributed by atoms with E-state index >= 15 is 0 Å². The molecule has 0 atom stereocenters. The van der Waals surface area contributed by atoms with E-state index in [0.717, 1.165) is 0 Å². The summed E-state index contributed by atoms with van der Waals surface area (Å²) in [6.45, 7) is 3.55. The van der Waals surface area contributed by atoms with Gasteiger partial charge in [0.15, 0.2) is 9.84 Å². The normalized spacial score (nSPS) is 11.0. The second kappa shape index (κ2) is 7.78. The fraction of sp³-hybridized carbons (Fsp3) is 0.429. The molecule has 0 saturated carbocycles. The molecule has 0 aliphatic carbocycles. The number of esters is 1. The molecule has 0 unspecified atom stereocenters. The zero-order chi connectivity index (χ0) is 15.9. The largest absolute Gasteiger partial charge is 0.466 e. The molecule has 0 aromatic heterocycles. The third kappa shape index (κ3) is 5.55. The van der Waals surface area contributed by atoms with Crippen LogP contribution in [0.25, 0.3) is 0 Å². The van der Waals surface area contributed by atoms with Crippen LogP contribution in [0.1, 0.15) is 26.7 Å². The first-order chi connectivity index (χ1) is 9.89. The van der Waals surface area contributed by atoms with E-state index in [-0.39, 0.29) is 36.0 Å². The summed E-state index contributed by atoms with van der Waals surface area (Å²) in [5.74, 6) is -0.718. The Kier molecular flexibility index (Phi) is 6.36. The highest BCUT2D eigenvalue weighted by Gasteiger charge is 2.12. The number of rotatable bonds is 7. The van der Waals surface area contributed by atoms with Gasteiger partial charge in [-0.3, -0.25) is 9.59 Å². The number of hydrogen-bond donors (Lipinski definition) is 1. The number of sulfone groups is 1. The van der Waals surface area contributed by atoms with Crippen molar-refractivity contribution in [3.63, 3.8) is 0 Å². The molecule has 0 spiro atoms. The van der Waals surface area contributed by atoms with Crippen LogP contribution in [0.3, 0.4) is 0 Å². The number of anilines is 1. The summed E-state index contributed by atoms with van der Waals surface area (Å²) in [7, 11) is -3.25. The summed E-state index contributed by atoms with van der Waals surface area (Å²) in [5.41, 5.74) is 0.485. The lowest BCUT2D eigenvalue weighted by molar-refractivity contribution is -0.144. The van der Waals surface area contributed by atoms with Crippen LogP contribution in [0, 0.1) is 0 Å². The molecule has 7 heteroatoms. The van der Waals surface area contributed by atoms with Crippen molar-refractivity contribution >= 4 is 27.4 Å². The van der Waals surface area contributed by atoms with Crippen LogP contribution in [0.4, 0.5) is 5.69 Å². The van der Waals surface area contributed by atoms with Gasteiger partial charge in [-0.2, -0.15) is 0 Å². The van der Waals surface area contributed by atoms with E-state index in [0.29, 0.717) is 5.69 Å². The second-order valence-electron chi connectivity index (χ2n) is 4.28. The quantitative estimate of drug-likeness (QED) is 0.775. The number of carbonyl (C=O) groups excluding carboxylic acids is 2. The van der Waals surface area contributed by atoms with Crippen molar-refractivity contribution in [1.82, 2.24) is 0 Å². The highest BCUT2D eigenvalue weighted by molar-refractivity contribution is 7.91. The zero-order valence-electron chi connectivity index (χ0n) is 12.1. The van der Waals surface area contributed by atoms with Gasteiger partial charge in [-0.1, -0.05) is 6.92 Å². The Labute approximate surface area is 124 Å². The first-order valence-corrected chi connectivity index (χ1v) is 8.32. The topological polar surface area (TPSA) is 89.5 Å². The summed E-state index contributed by atoms with van der Waals surface area (Å²) in [4.78, 5) is 23.0. The Balaban J connectivity index is 2.56. The van der Waals surface area contributed by atoms with Crippen LogP contribution in [0.15, 0.2) is 29.2 Å². The minimum atomic E-state index is -3.25. The lowest BCUT2D eigenvalue weighted by atomic mass is 10.2. The molecule has 0 aliphatic rings. The maximum atomic E-state index is 11.6. The molecule has 21 heavy (non-hydrogen) atoms. The smallest absolute Gasteiger partial charge is 0.306 e. The van der Waals surface area contributed by atoms with Gasteiger partial charge in [-0.15, -0.1) is 0 Å². The van der Waals surface area contributed by atoms with Gasteiger partial charge < -0.3 is 10.1 Å². The van der Waals surface area contributed by atoms with Crippen molar-refractivity contribution in [2.24, 2.45) is 0 Å². The van der Waals surface area contributed by atoms with E-state index < -0.39 is 15.8 Å². The number of benzene rings is 1. The van der Waals surface area contributed by atoms with E-state index in [2.05, 4.69) is 5.32 Å². The summed E-state index contributed by atoms with van der Waals surface area (Å²) in [5, 5.41) is 2.59. The van der Waals surface area contributed by atoms with Crippen LogP contribution in [0.2, 0.25) is 0 Å². The Morgan fingerprint density at radius 3 is 2.24 bits per heavy atom. The number of hydrogen-bond acceptors (Lipinski definition) is 5. The van der Waals surface area contributed by atoms with Crippen LogP contribution in [0.5, 0.6) is 0 Å². The molecule has 1 aromatic carbocycles. The molecule has 0 saturated heterocycles. The summed E-state index contributed by atoms with van der Waals surface area (Å²) in [6.07, 6.45) is 0.0375. The maximum Gasteiger partial charge on any atom is 0.306 e. The predicted octanol–water partition coefficient (Wildman–Crippen LogP) is 1.76. The van der Waals surface area contributed by atoms with Crippen molar-refractivity contribution in [2.45, 2.75) is 31.6 Å². The van der Waals surface area contributed by atoms with E-state index in [9.17, 15) is 18.0 Å². The van der Waals surface area contributed by atoms with E-state index in [4.69, 9.17) is 4.74 Å². The van der Waals surface area contributed by atoms with Crippen molar-refractivity contribution < 1.29 is 22.7 Å². The van der Waals surface area contributed by atoms with Crippen LogP contribution in [-0.2, 0) is 24.2 Å². The summed E-state index contributed by atoms with van der Waals surface area (Å²) in [6, 6.07) is 5.93. The molecule has 0 bridgehead atoms. The summed E-state index contributed by atoms with van der Waals surface area (Å²) >= 11 is 0. The first kappa shape index (κ1) is 17.2. The van der Waals surface area contributed by atoms with Crippen molar-refractivity contribution in [3.05, 3.63) is 24.3 Å². The molecule has 0 fully saturated rings. The minimum absolute atomic E-state index is 0.0158. The highest BCUT2D eigenvalue weighted by Crippen LogP contribution is 2.15. The number of nitrogens with one attached hydrogen (secondary N) is 1. The molecule has 0 heterocycles. The fourth-order valence-corrected chi connectivity index (χ4v) is 2.47. The van der Waals surface area contributed by atoms with E-state index in [1.165, 1.54) is 24.3 Å². The van der Waals surface area contributed by atoms with Gasteiger partial charge in [0.25, 0.3) is 0 Å². The summed E-state index contributed by atoms with van der Waals surface area (Å²) < 4.78 is 28.0. The van der Waals surface area contributed by atoms with Crippen molar-refractivity contribution in [2.75, 3.05) is 17.7 Å². The lowest BCUT2D eigenvalue weighted by Crippen LogP contribution is -2.14. The van der Waals surface area contributed by atoms with Gasteiger partial charge in [0, 0.05) is 12.1 Å². The minimum Gasteiger partial charge on any atom is -0.466 e. The fourth-order valence-electron chi connectivity index (χ4n) is 1.58. The average molecular weight is 313 g/mol. The van der Waals surface area contributed by atoms with Gasteiger partial charge in [0.1, 0.15) is 0 Å². The number of ether oxygens (including phenoxy) is 1. The maximum absolute atomic E-state index is 11.6. The monoisotopic (exact) mass is 313 g/mol. The highest BCUT2D eigenvalue weighted by atomic mass is 32.2. The molecular formula is C14H19NO5S. The van der Waals surface area contributed by atoms with E-state index in [1.807, 2.05) is 0 Å². The Hall–Kier alpha value is -1.89. The average Bonchev–Trinajstić information content (AvgIpc) is 2.46. The van der Waals surface area contributed by atoms with Crippen molar-refractivity contribution in [3.8, 4) is 0 Å². The van der Waals surface area contributed by atoms with Crippen LogP contribution < -0.4 is 5.32 Å². The Morgan fingerprint density at radius 1 is 1.10 bits per heavy atom. The molecule has 0 radical (unpaired) electrons. The molecule has 1 aromatic rings. The number of amides is 1. The molecule has 1 rings (SSSR count). The predicted molar refractivity (Wildman–Crippen MR) is 78.7 cm³/mol. The van der Waals surface area contributed by atoms with Gasteiger partial charge in [-0.05, 0) is 31.2 Å². The third-order valence-electron chi connectivity index (χ3n) is 2.74. The van der Waals surface area contributed by atoms with Gasteiger partial charge >= 0.3 is 5.97 Å². The molecule has 0 aliphatic heterocycles. The molecule has 116 valence electrons. The number of carbonyl (C=O) groups is 2. The first-order valence-electron chi connectivity index (χ1n) is 6.67. The molecule has 1 amide bonds. The molecule has 6 nitrogen and oxygen atoms in total. The van der Waals surface area contributed by atoms with Gasteiger partial charge in [0.05, 0.1) is 23.7 Å². The van der Waals surface area contributed by atoms with Gasteiger partial charge in [-0.25, -0.2) is 8.42 Å². The Bertz CT molecular complexity index is 592. The Morgan fingerprint density at radius 2 is 1.71 bits per heavy atom.